The minimum atomic E-state index is -0.832. The summed E-state index contributed by atoms with van der Waals surface area (Å²) in [6, 6.07) is 11.6. The third-order valence-corrected chi connectivity index (χ3v) is 5.80. The van der Waals surface area contributed by atoms with Gasteiger partial charge in [-0.1, -0.05) is 53.0 Å². The largest absolute Gasteiger partial charge is 0.327 e. The molecule has 35 heavy (non-hydrogen) atoms. The Kier molecular flexibility index (Phi) is 7.04. The summed E-state index contributed by atoms with van der Waals surface area (Å²) >= 11 is 12.1. The number of carbonyl (C=O) groups is 2. The number of nitrogens with zero attached hydrogens (tertiary/aromatic N) is 4. The van der Waals surface area contributed by atoms with Crippen LogP contribution >= 0.6 is 23.2 Å². The zero-order valence-electron chi connectivity index (χ0n) is 19.1. The molecule has 4 rings (SSSR count). The van der Waals surface area contributed by atoms with E-state index < -0.39 is 11.9 Å². The van der Waals surface area contributed by atoms with Gasteiger partial charge in [0.25, 0.3) is 5.91 Å². The Bertz CT molecular complexity index is 1440. The molecule has 2 heterocycles. The van der Waals surface area contributed by atoms with Crippen LogP contribution in [0.25, 0.3) is 22.6 Å². The molecule has 0 spiro atoms. The van der Waals surface area contributed by atoms with Gasteiger partial charge in [0, 0.05) is 18.0 Å². The lowest BCUT2D eigenvalue weighted by Crippen LogP contribution is -2.35. The average Bonchev–Trinajstić information content (AvgIpc) is 2.81. The van der Waals surface area contributed by atoms with Gasteiger partial charge < -0.3 is 0 Å². The summed E-state index contributed by atoms with van der Waals surface area (Å²) in [6.45, 7) is 5.70. The molecule has 2 aromatic heterocycles. The Morgan fingerprint density at radius 1 is 0.800 bits per heavy atom. The van der Waals surface area contributed by atoms with Gasteiger partial charge >= 0.3 is 6.03 Å². The first kappa shape index (κ1) is 24.3. The molecular weight excluding hydrogens is 487 g/mol. The molecule has 0 aliphatic carbocycles. The van der Waals surface area contributed by atoms with Crippen molar-refractivity contribution in [3.63, 3.8) is 0 Å². The SMILES string of the molecule is Cc1cccc(-c2nc(C)c(C)nc2-c2nccnc2NC(=O)NC(=O)c2c(Cl)cccc2Cl)c1. The zero-order chi connectivity index (χ0) is 25.1. The van der Waals surface area contributed by atoms with Crippen molar-refractivity contribution < 1.29 is 9.59 Å². The highest BCUT2D eigenvalue weighted by atomic mass is 35.5. The summed E-state index contributed by atoms with van der Waals surface area (Å²) in [5, 5.41) is 5.03. The lowest BCUT2D eigenvalue weighted by molar-refractivity contribution is 0.0967. The average molecular weight is 507 g/mol. The van der Waals surface area contributed by atoms with Crippen LogP contribution in [0.4, 0.5) is 10.6 Å². The maximum absolute atomic E-state index is 12.7. The van der Waals surface area contributed by atoms with E-state index in [2.05, 4.69) is 20.6 Å². The lowest BCUT2D eigenvalue weighted by atomic mass is 10.0. The molecule has 0 saturated carbocycles. The Hall–Kier alpha value is -3.88. The number of aryl methyl sites for hydroxylation is 3. The first-order valence-electron chi connectivity index (χ1n) is 10.5. The second kappa shape index (κ2) is 10.2. The van der Waals surface area contributed by atoms with E-state index in [9.17, 15) is 9.59 Å². The van der Waals surface area contributed by atoms with Crippen LogP contribution in [0.3, 0.4) is 0 Å². The van der Waals surface area contributed by atoms with Crippen molar-refractivity contribution >= 4 is 41.0 Å². The Morgan fingerprint density at radius 2 is 1.43 bits per heavy atom. The van der Waals surface area contributed by atoms with Crippen molar-refractivity contribution in [2.24, 2.45) is 0 Å². The first-order valence-corrected chi connectivity index (χ1v) is 11.3. The zero-order valence-corrected chi connectivity index (χ0v) is 20.6. The van der Waals surface area contributed by atoms with Crippen LogP contribution in [0.5, 0.6) is 0 Å². The van der Waals surface area contributed by atoms with E-state index in [1.165, 1.54) is 24.5 Å². The molecule has 0 fully saturated rings. The fourth-order valence-electron chi connectivity index (χ4n) is 3.38. The second-order valence-corrected chi connectivity index (χ2v) is 8.53. The van der Waals surface area contributed by atoms with E-state index in [1.54, 1.807) is 6.07 Å². The Morgan fingerprint density at radius 3 is 2.11 bits per heavy atom. The van der Waals surface area contributed by atoms with Crippen molar-refractivity contribution in [3.8, 4) is 22.6 Å². The number of imide groups is 1. The number of rotatable bonds is 4. The summed E-state index contributed by atoms with van der Waals surface area (Å²) in [6.07, 6.45) is 2.91. The van der Waals surface area contributed by atoms with Gasteiger partial charge in [0.15, 0.2) is 5.82 Å². The second-order valence-electron chi connectivity index (χ2n) is 7.72. The Balaban J connectivity index is 1.70. The number of urea groups is 1. The molecule has 176 valence electrons. The molecule has 0 aliphatic heterocycles. The monoisotopic (exact) mass is 506 g/mol. The van der Waals surface area contributed by atoms with Crippen LogP contribution < -0.4 is 10.6 Å². The number of carbonyl (C=O) groups excluding carboxylic acids is 2. The van der Waals surface area contributed by atoms with E-state index in [0.717, 1.165) is 16.8 Å². The van der Waals surface area contributed by atoms with Crippen molar-refractivity contribution in [2.75, 3.05) is 5.32 Å². The smallest absolute Gasteiger partial charge is 0.290 e. The fraction of sp³-hybridized carbons (Fsp3) is 0.120. The molecule has 0 bridgehead atoms. The number of nitrogens with one attached hydrogen (secondary N) is 2. The van der Waals surface area contributed by atoms with E-state index >= 15 is 0 Å². The number of halogens is 2. The standard InChI is InChI=1S/C25H20Cl2N6O2/c1-13-6-4-7-16(12-13)20-21(31-15(3)14(2)30-20)22-23(29-11-10-28-22)32-25(35)33-24(34)19-17(26)8-5-9-18(19)27/h4-12H,1-3H3,(H2,29,32,33,34,35). The highest BCUT2D eigenvalue weighted by molar-refractivity contribution is 6.40. The molecule has 8 nitrogen and oxygen atoms in total. The number of anilines is 1. The van der Waals surface area contributed by atoms with Gasteiger partial charge in [-0.3, -0.25) is 15.4 Å². The molecule has 0 radical (unpaired) electrons. The number of amides is 3. The van der Waals surface area contributed by atoms with Gasteiger partial charge in [-0.2, -0.15) is 0 Å². The normalized spacial score (nSPS) is 10.7. The van der Waals surface area contributed by atoms with Crippen LogP contribution in [-0.4, -0.2) is 31.9 Å². The van der Waals surface area contributed by atoms with Crippen LogP contribution in [0.1, 0.15) is 27.3 Å². The van der Waals surface area contributed by atoms with Gasteiger partial charge in [0.1, 0.15) is 11.4 Å². The quantitative estimate of drug-likeness (QED) is 0.362. The molecule has 0 unspecified atom stereocenters. The third-order valence-electron chi connectivity index (χ3n) is 5.17. The van der Waals surface area contributed by atoms with E-state index in [0.29, 0.717) is 22.8 Å². The van der Waals surface area contributed by atoms with E-state index in [-0.39, 0.29) is 21.4 Å². The highest BCUT2D eigenvalue weighted by Gasteiger charge is 2.22. The predicted octanol–water partition coefficient (Wildman–Crippen LogP) is 5.79. The minimum Gasteiger partial charge on any atom is -0.290 e. The minimum absolute atomic E-state index is 0.00730. The van der Waals surface area contributed by atoms with Gasteiger partial charge in [0.05, 0.1) is 32.7 Å². The molecule has 10 heteroatoms. The van der Waals surface area contributed by atoms with Crippen LogP contribution in [0, 0.1) is 20.8 Å². The summed E-state index contributed by atoms with van der Waals surface area (Å²) in [4.78, 5) is 43.4. The molecule has 0 aliphatic rings. The van der Waals surface area contributed by atoms with Crippen LogP contribution in [0.2, 0.25) is 10.0 Å². The molecule has 4 aromatic rings. The molecule has 0 atom stereocenters. The summed E-state index contributed by atoms with van der Waals surface area (Å²) in [5.41, 5.74) is 4.72. The Labute approximate surface area is 211 Å². The molecule has 2 N–H and O–H groups in total. The van der Waals surface area contributed by atoms with Gasteiger partial charge in [0.2, 0.25) is 0 Å². The summed E-state index contributed by atoms with van der Waals surface area (Å²) < 4.78 is 0. The fourth-order valence-corrected chi connectivity index (χ4v) is 3.95. The number of hydrogen-bond acceptors (Lipinski definition) is 6. The van der Waals surface area contributed by atoms with Gasteiger partial charge in [-0.05, 0) is 39.0 Å². The highest BCUT2D eigenvalue weighted by Crippen LogP contribution is 2.32. The number of benzene rings is 2. The van der Waals surface area contributed by atoms with E-state index in [4.69, 9.17) is 33.2 Å². The lowest BCUT2D eigenvalue weighted by Gasteiger charge is -2.14. The molecule has 2 aromatic carbocycles. The van der Waals surface area contributed by atoms with Crippen molar-refractivity contribution in [2.45, 2.75) is 20.8 Å². The predicted molar refractivity (Wildman–Crippen MR) is 136 cm³/mol. The topological polar surface area (TPSA) is 110 Å². The van der Waals surface area contributed by atoms with Crippen molar-refractivity contribution in [1.82, 2.24) is 25.3 Å². The van der Waals surface area contributed by atoms with Crippen molar-refractivity contribution in [3.05, 3.63) is 87.4 Å². The van der Waals surface area contributed by atoms with Crippen LogP contribution in [0.15, 0.2) is 54.9 Å². The van der Waals surface area contributed by atoms with Crippen LogP contribution in [-0.2, 0) is 0 Å². The molecular formula is C25H20Cl2N6O2. The van der Waals surface area contributed by atoms with E-state index in [1.807, 2.05) is 45.0 Å². The first-order chi connectivity index (χ1) is 16.7. The number of aromatic nitrogens is 4. The molecule has 0 saturated heterocycles. The molecule has 3 amide bonds. The van der Waals surface area contributed by atoms with Gasteiger partial charge in [-0.15, -0.1) is 0 Å². The third kappa shape index (κ3) is 5.29. The summed E-state index contributed by atoms with van der Waals surface area (Å²) in [7, 11) is 0. The summed E-state index contributed by atoms with van der Waals surface area (Å²) in [5.74, 6) is -0.649. The number of hydrogen-bond donors (Lipinski definition) is 2. The maximum atomic E-state index is 12.7. The van der Waals surface area contributed by atoms with Gasteiger partial charge in [-0.25, -0.2) is 24.7 Å². The van der Waals surface area contributed by atoms with Crippen molar-refractivity contribution in [1.29, 1.82) is 0 Å². The maximum Gasteiger partial charge on any atom is 0.327 e.